The molecule has 20 heavy (non-hydrogen) atoms. The molecule has 0 aliphatic carbocycles. The fraction of sp³-hybridized carbons (Fsp3) is 0.583. The molecule has 2 heterocycles. The Morgan fingerprint density at radius 2 is 2.25 bits per heavy atom. The van der Waals surface area contributed by atoms with E-state index in [2.05, 4.69) is 4.72 Å². The number of thiophene rings is 1. The summed E-state index contributed by atoms with van der Waals surface area (Å²) >= 11 is 7.11. The summed E-state index contributed by atoms with van der Waals surface area (Å²) < 4.78 is 25.5. The quantitative estimate of drug-likeness (QED) is 0.913. The second-order valence-corrected chi connectivity index (χ2v) is 8.42. The lowest BCUT2D eigenvalue weighted by atomic mass is 10.0. The molecule has 2 rings (SSSR count). The number of likely N-dealkylation sites (tertiary alicyclic amines) is 1. The monoisotopic (exact) mass is 336 g/mol. The summed E-state index contributed by atoms with van der Waals surface area (Å²) in [5, 5.41) is 0. The topological polar surface area (TPSA) is 66.5 Å². The molecule has 5 nitrogen and oxygen atoms in total. The minimum absolute atomic E-state index is 0.0677. The molecule has 112 valence electrons. The summed E-state index contributed by atoms with van der Waals surface area (Å²) in [4.78, 5) is 14.8. The van der Waals surface area contributed by atoms with Gasteiger partial charge >= 0.3 is 0 Å². The molecular formula is C12H17ClN2O3S2. The standard InChI is InChI=1S/C12H17ClN2O3S2/c1-20(17,18)14-8-9-4-2-3-7-15(9)12(16)10-5-6-11(13)19-10/h5-6,9,14H,2-4,7-8H2,1H3/t9-/m1/s1. The SMILES string of the molecule is CS(=O)(=O)NC[C@H]1CCCCN1C(=O)c1ccc(Cl)s1. The highest BCUT2D eigenvalue weighted by Gasteiger charge is 2.28. The van der Waals surface area contributed by atoms with E-state index in [9.17, 15) is 13.2 Å². The first-order valence-electron chi connectivity index (χ1n) is 6.38. The van der Waals surface area contributed by atoms with Gasteiger partial charge in [0.15, 0.2) is 0 Å². The van der Waals surface area contributed by atoms with Gasteiger partial charge in [0.25, 0.3) is 5.91 Å². The van der Waals surface area contributed by atoms with Crippen LogP contribution in [0, 0.1) is 0 Å². The number of halogens is 1. The van der Waals surface area contributed by atoms with Gasteiger partial charge in [0, 0.05) is 19.1 Å². The van der Waals surface area contributed by atoms with Crippen LogP contribution in [0.15, 0.2) is 12.1 Å². The highest BCUT2D eigenvalue weighted by Crippen LogP contribution is 2.26. The largest absolute Gasteiger partial charge is 0.334 e. The van der Waals surface area contributed by atoms with Gasteiger partial charge in [0.2, 0.25) is 10.0 Å². The van der Waals surface area contributed by atoms with Crippen LogP contribution in [0.5, 0.6) is 0 Å². The van der Waals surface area contributed by atoms with Gasteiger partial charge in [-0.3, -0.25) is 4.79 Å². The summed E-state index contributed by atoms with van der Waals surface area (Å²) in [5.74, 6) is -0.0677. The molecule has 0 unspecified atom stereocenters. The summed E-state index contributed by atoms with van der Waals surface area (Å²) in [6.07, 6.45) is 3.89. The van der Waals surface area contributed by atoms with Crippen molar-refractivity contribution in [3.63, 3.8) is 0 Å². The third-order valence-corrected chi connectivity index (χ3v) is 5.16. The number of carbonyl (C=O) groups is 1. The van der Waals surface area contributed by atoms with E-state index >= 15 is 0 Å². The van der Waals surface area contributed by atoms with E-state index in [-0.39, 0.29) is 18.5 Å². The van der Waals surface area contributed by atoms with Crippen LogP contribution in [0.25, 0.3) is 0 Å². The number of hydrogen-bond donors (Lipinski definition) is 1. The molecule has 1 saturated heterocycles. The maximum atomic E-state index is 12.4. The molecule has 1 aromatic heterocycles. The summed E-state index contributed by atoms with van der Waals surface area (Å²) in [7, 11) is -3.24. The van der Waals surface area contributed by atoms with E-state index < -0.39 is 10.0 Å². The Balaban J connectivity index is 2.08. The molecule has 1 atom stereocenters. The van der Waals surface area contributed by atoms with Crippen molar-refractivity contribution in [1.82, 2.24) is 9.62 Å². The van der Waals surface area contributed by atoms with Crippen molar-refractivity contribution in [2.45, 2.75) is 25.3 Å². The smallest absolute Gasteiger partial charge is 0.264 e. The Kier molecular flexibility index (Phi) is 5.06. The first-order valence-corrected chi connectivity index (χ1v) is 9.46. The van der Waals surface area contributed by atoms with Crippen LogP contribution >= 0.6 is 22.9 Å². The van der Waals surface area contributed by atoms with Crippen molar-refractivity contribution in [2.75, 3.05) is 19.3 Å². The van der Waals surface area contributed by atoms with E-state index in [4.69, 9.17) is 11.6 Å². The number of nitrogens with zero attached hydrogens (tertiary/aromatic N) is 1. The number of sulfonamides is 1. The number of piperidine rings is 1. The average molecular weight is 337 g/mol. The minimum atomic E-state index is -3.24. The fourth-order valence-electron chi connectivity index (χ4n) is 2.30. The van der Waals surface area contributed by atoms with Crippen molar-refractivity contribution < 1.29 is 13.2 Å². The van der Waals surface area contributed by atoms with Gasteiger partial charge in [-0.05, 0) is 31.4 Å². The van der Waals surface area contributed by atoms with Crippen molar-refractivity contribution >= 4 is 38.9 Å². The Hall–Kier alpha value is -0.630. The third kappa shape index (κ3) is 4.18. The van der Waals surface area contributed by atoms with Crippen LogP contribution in [0.4, 0.5) is 0 Å². The molecule has 0 saturated carbocycles. The van der Waals surface area contributed by atoms with Crippen LogP contribution < -0.4 is 4.72 Å². The molecule has 1 N–H and O–H groups in total. The lowest BCUT2D eigenvalue weighted by Crippen LogP contribution is -2.49. The number of carbonyl (C=O) groups excluding carboxylic acids is 1. The van der Waals surface area contributed by atoms with Gasteiger partial charge in [-0.25, -0.2) is 13.1 Å². The summed E-state index contributed by atoms with van der Waals surface area (Å²) in [5.41, 5.74) is 0. The molecular weight excluding hydrogens is 320 g/mol. The first kappa shape index (κ1) is 15.8. The molecule has 0 bridgehead atoms. The van der Waals surface area contributed by atoms with Crippen molar-refractivity contribution in [3.8, 4) is 0 Å². The average Bonchev–Trinajstić information content (AvgIpc) is 2.82. The van der Waals surface area contributed by atoms with Crippen LogP contribution in [0.3, 0.4) is 0 Å². The van der Waals surface area contributed by atoms with Crippen LogP contribution in [0.1, 0.15) is 28.9 Å². The number of hydrogen-bond acceptors (Lipinski definition) is 4. The number of amides is 1. The van der Waals surface area contributed by atoms with Crippen LogP contribution in [-0.2, 0) is 10.0 Å². The Morgan fingerprint density at radius 3 is 2.85 bits per heavy atom. The molecule has 1 fully saturated rings. The van der Waals surface area contributed by atoms with Crippen molar-refractivity contribution in [2.24, 2.45) is 0 Å². The molecule has 1 amide bonds. The van der Waals surface area contributed by atoms with Crippen molar-refractivity contribution in [3.05, 3.63) is 21.3 Å². The van der Waals surface area contributed by atoms with E-state index in [0.717, 1.165) is 25.5 Å². The maximum Gasteiger partial charge on any atom is 0.264 e. The Labute approximate surface area is 128 Å². The summed E-state index contributed by atoms with van der Waals surface area (Å²) in [6.45, 7) is 0.925. The maximum absolute atomic E-state index is 12.4. The van der Waals surface area contributed by atoms with E-state index in [0.29, 0.717) is 15.8 Å². The van der Waals surface area contributed by atoms with Gasteiger partial charge in [0.05, 0.1) is 15.5 Å². The Bertz CT molecular complexity index is 585. The molecule has 8 heteroatoms. The van der Waals surface area contributed by atoms with Gasteiger partial charge in [-0.15, -0.1) is 11.3 Å². The van der Waals surface area contributed by atoms with Crippen molar-refractivity contribution in [1.29, 1.82) is 0 Å². The third-order valence-electron chi connectivity index (χ3n) is 3.25. The van der Waals surface area contributed by atoms with Crippen LogP contribution in [-0.4, -0.2) is 44.6 Å². The zero-order valence-electron chi connectivity index (χ0n) is 11.1. The predicted molar refractivity (Wildman–Crippen MR) is 80.9 cm³/mol. The lowest BCUT2D eigenvalue weighted by molar-refractivity contribution is 0.0624. The van der Waals surface area contributed by atoms with E-state index in [1.165, 1.54) is 11.3 Å². The minimum Gasteiger partial charge on any atom is -0.334 e. The zero-order chi connectivity index (χ0) is 14.8. The molecule has 0 radical (unpaired) electrons. The first-order chi connectivity index (χ1) is 9.37. The normalized spacial score (nSPS) is 20.1. The van der Waals surface area contributed by atoms with Gasteiger partial charge in [-0.1, -0.05) is 11.6 Å². The highest BCUT2D eigenvalue weighted by molar-refractivity contribution is 7.88. The number of nitrogens with one attached hydrogen (secondary N) is 1. The number of rotatable bonds is 4. The van der Waals surface area contributed by atoms with E-state index in [1.54, 1.807) is 17.0 Å². The molecule has 1 aromatic rings. The predicted octanol–water partition coefficient (Wildman–Crippen LogP) is 1.95. The molecule has 0 spiro atoms. The fourth-order valence-corrected chi connectivity index (χ4v) is 3.79. The highest BCUT2D eigenvalue weighted by atomic mass is 35.5. The summed E-state index contributed by atoms with van der Waals surface area (Å²) in [6, 6.07) is 3.32. The molecule has 0 aromatic carbocycles. The molecule has 1 aliphatic heterocycles. The van der Waals surface area contributed by atoms with Gasteiger partial charge in [-0.2, -0.15) is 0 Å². The van der Waals surface area contributed by atoms with Gasteiger partial charge in [0.1, 0.15) is 0 Å². The zero-order valence-corrected chi connectivity index (χ0v) is 13.5. The van der Waals surface area contributed by atoms with Gasteiger partial charge < -0.3 is 4.90 Å². The lowest BCUT2D eigenvalue weighted by Gasteiger charge is -2.35. The van der Waals surface area contributed by atoms with E-state index in [1.807, 2.05) is 0 Å². The second-order valence-electron chi connectivity index (χ2n) is 4.87. The van der Waals surface area contributed by atoms with Crippen LogP contribution in [0.2, 0.25) is 4.34 Å². The molecule has 1 aliphatic rings. The second kappa shape index (κ2) is 6.43. The Morgan fingerprint density at radius 1 is 1.50 bits per heavy atom.